The maximum atomic E-state index is 12.9. The molecular formula is C19H20N2O4S. The van der Waals surface area contributed by atoms with E-state index in [1.165, 1.54) is 12.5 Å². The summed E-state index contributed by atoms with van der Waals surface area (Å²) in [7, 11) is -3.85. The van der Waals surface area contributed by atoms with Crippen molar-refractivity contribution in [2.45, 2.75) is 43.3 Å². The molecule has 0 unspecified atom stereocenters. The van der Waals surface area contributed by atoms with E-state index in [2.05, 4.69) is 4.72 Å². The lowest BCUT2D eigenvalue weighted by Crippen LogP contribution is -2.47. The Labute approximate surface area is 152 Å². The number of nitrogens with one attached hydrogen (secondary N) is 1. The second kappa shape index (κ2) is 7.34. The van der Waals surface area contributed by atoms with Crippen LogP contribution in [0.5, 0.6) is 0 Å². The zero-order valence-electron chi connectivity index (χ0n) is 14.3. The molecular weight excluding hydrogens is 352 g/mol. The van der Waals surface area contributed by atoms with Crippen LogP contribution in [-0.2, 0) is 26.0 Å². The number of carbonyl (C=O) groups is 1. The molecule has 1 saturated carbocycles. The van der Waals surface area contributed by atoms with E-state index in [0.717, 1.165) is 24.8 Å². The van der Waals surface area contributed by atoms with E-state index >= 15 is 0 Å². The first-order valence-electron chi connectivity index (χ1n) is 8.52. The van der Waals surface area contributed by atoms with Gasteiger partial charge in [0, 0.05) is 5.56 Å². The minimum atomic E-state index is -3.85. The van der Waals surface area contributed by atoms with Crippen molar-refractivity contribution in [1.29, 1.82) is 5.26 Å². The van der Waals surface area contributed by atoms with E-state index in [1.807, 2.05) is 6.07 Å². The number of rotatable bonds is 5. The summed E-state index contributed by atoms with van der Waals surface area (Å²) in [6, 6.07) is 9.99. The largest absolute Gasteiger partial charge is 0.472 e. The minimum absolute atomic E-state index is 0.314. The first kappa shape index (κ1) is 18.2. The Hall–Kier alpha value is -2.59. The van der Waals surface area contributed by atoms with Crippen LogP contribution in [0.25, 0.3) is 0 Å². The van der Waals surface area contributed by atoms with Crippen LogP contribution in [0.1, 0.15) is 48.8 Å². The highest BCUT2D eigenvalue weighted by Crippen LogP contribution is 2.40. The lowest BCUT2D eigenvalue weighted by molar-refractivity contribution is -0.126. The van der Waals surface area contributed by atoms with Crippen molar-refractivity contribution in [2.24, 2.45) is 0 Å². The van der Waals surface area contributed by atoms with Gasteiger partial charge in [0.1, 0.15) is 0 Å². The molecule has 136 valence electrons. The van der Waals surface area contributed by atoms with Gasteiger partial charge in [-0.3, -0.25) is 9.52 Å². The highest BCUT2D eigenvalue weighted by atomic mass is 32.2. The highest BCUT2D eigenvalue weighted by Gasteiger charge is 2.43. The first-order chi connectivity index (χ1) is 12.5. The molecule has 0 bridgehead atoms. The molecule has 1 aliphatic rings. The number of nitriles is 1. The van der Waals surface area contributed by atoms with Gasteiger partial charge in [-0.2, -0.15) is 5.26 Å². The molecule has 1 aliphatic carbocycles. The number of hydrogen-bond acceptors (Lipinski definition) is 5. The molecule has 1 N–H and O–H groups in total. The zero-order valence-corrected chi connectivity index (χ0v) is 15.1. The molecule has 0 aliphatic heterocycles. The number of sulfonamides is 1. The van der Waals surface area contributed by atoms with E-state index in [0.29, 0.717) is 24.0 Å². The van der Waals surface area contributed by atoms with E-state index in [9.17, 15) is 13.2 Å². The van der Waals surface area contributed by atoms with Gasteiger partial charge in [0.2, 0.25) is 15.9 Å². The number of nitrogens with zero attached hydrogens (tertiary/aromatic N) is 1. The van der Waals surface area contributed by atoms with E-state index in [4.69, 9.17) is 9.68 Å². The highest BCUT2D eigenvalue weighted by molar-refractivity contribution is 7.89. The van der Waals surface area contributed by atoms with Gasteiger partial charge >= 0.3 is 0 Å². The average Bonchev–Trinajstić information content (AvgIpc) is 3.17. The fraction of sp³-hybridized carbons (Fsp3) is 0.368. The summed E-state index contributed by atoms with van der Waals surface area (Å²) in [5.74, 6) is -0.807. The summed E-state index contributed by atoms with van der Waals surface area (Å²) < 4.78 is 32.4. The number of carbonyl (C=O) groups excluding carboxylic acids is 1. The van der Waals surface area contributed by atoms with Gasteiger partial charge in [0.05, 0.1) is 35.3 Å². The van der Waals surface area contributed by atoms with Crippen LogP contribution < -0.4 is 4.72 Å². The third-order valence-corrected chi connectivity index (χ3v) is 6.11. The van der Waals surface area contributed by atoms with Crippen LogP contribution in [0.15, 0.2) is 47.3 Å². The van der Waals surface area contributed by atoms with Crippen LogP contribution in [0.4, 0.5) is 0 Å². The molecule has 2 aromatic rings. The second-order valence-corrected chi connectivity index (χ2v) is 8.38. The minimum Gasteiger partial charge on any atom is -0.472 e. The van der Waals surface area contributed by atoms with Crippen molar-refractivity contribution in [2.75, 3.05) is 0 Å². The summed E-state index contributed by atoms with van der Waals surface area (Å²) in [4.78, 5) is 12.9. The van der Waals surface area contributed by atoms with Gasteiger partial charge in [-0.1, -0.05) is 31.4 Å². The van der Waals surface area contributed by atoms with Crippen molar-refractivity contribution >= 4 is 15.9 Å². The number of benzene rings is 1. The van der Waals surface area contributed by atoms with Gasteiger partial charge in [0.15, 0.2) is 0 Å². The molecule has 26 heavy (non-hydrogen) atoms. The van der Waals surface area contributed by atoms with Gasteiger partial charge in [-0.15, -0.1) is 0 Å². The van der Waals surface area contributed by atoms with Crippen molar-refractivity contribution < 1.29 is 17.6 Å². The summed E-state index contributed by atoms with van der Waals surface area (Å²) in [6.07, 6.45) is 7.01. The van der Waals surface area contributed by atoms with E-state index < -0.39 is 21.3 Å². The quantitative estimate of drug-likeness (QED) is 0.869. The normalized spacial score (nSPS) is 16.6. The second-order valence-electron chi connectivity index (χ2n) is 6.65. The number of amides is 1. The third kappa shape index (κ3) is 3.81. The van der Waals surface area contributed by atoms with Crippen molar-refractivity contribution in [3.8, 4) is 6.07 Å². The van der Waals surface area contributed by atoms with Gasteiger partial charge < -0.3 is 4.42 Å². The van der Waals surface area contributed by atoms with E-state index in [1.54, 1.807) is 30.3 Å². The lowest BCUT2D eigenvalue weighted by Gasteiger charge is -2.34. The molecule has 1 aromatic carbocycles. The molecule has 7 heteroatoms. The fourth-order valence-corrected chi connectivity index (χ4v) is 4.69. The molecule has 3 rings (SSSR count). The Morgan fingerprint density at radius 3 is 2.42 bits per heavy atom. The third-order valence-electron chi connectivity index (χ3n) is 4.90. The molecule has 1 heterocycles. The van der Waals surface area contributed by atoms with Crippen LogP contribution >= 0.6 is 0 Å². The van der Waals surface area contributed by atoms with Crippen molar-refractivity contribution in [3.05, 3.63) is 59.5 Å². The molecule has 1 fully saturated rings. The molecule has 0 spiro atoms. The zero-order chi connectivity index (χ0) is 18.6. The lowest BCUT2D eigenvalue weighted by atomic mass is 9.70. The monoisotopic (exact) mass is 372 g/mol. The number of hydrogen-bond donors (Lipinski definition) is 1. The topological polar surface area (TPSA) is 100 Å². The molecule has 0 saturated heterocycles. The Morgan fingerprint density at radius 1 is 1.15 bits per heavy atom. The van der Waals surface area contributed by atoms with Crippen LogP contribution in [-0.4, -0.2) is 14.3 Å². The smallest absolute Gasteiger partial charge is 0.244 e. The maximum Gasteiger partial charge on any atom is 0.244 e. The molecule has 1 amide bonds. The van der Waals surface area contributed by atoms with Crippen LogP contribution in [0.2, 0.25) is 0 Å². The SMILES string of the molecule is N#Cc1ccc(CS(=O)(=O)NC(=O)C2(c3ccoc3)CCCCC2)cc1. The van der Waals surface area contributed by atoms with Crippen molar-refractivity contribution in [3.63, 3.8) is 0 Å². The Kier molecular flexibility index (Phi) is 5.14. The fourth-order valence-electron chi connectivity index (χ4n) is 3.51. The van der Waals surface area contributed by atoms with Crippen LogP contribution in [0.3, 0.4) is 0 Å². The predicted octanol–water partition coefficient (Wildman–Crippen LogP) is 3.00. The predicted molar refractivity (Wildman–Crippen MR) is 95.4 cm³/mol. The maximum absolute atomic E-state index is 12.9. The molecule has 0 radical (unpaired) electrons. The van der Waals surface area contributed by atoms with Crippen molar-refractivity contribution in [1.82, 2.24) is 4.72 Å². The Morgan fingerprint density at radius 2 is 1.85 bits per heavy atom. The first-order valence-corrected chi connectivity index (χ1v) is 10.2. The van der Waals surface area contributed by atoms with E-state index in [-0.39, 0.29) is 5.75 Å². The van der Waals surface area contributed by atoms with Crippen LogP contribution in [0, 0.1) is 11.3 Å². The Balaban J connectivity index is 1.78. The summed E-state index contributed by atoms with van der Waals surface area (Å²) >= 11 is 0. The van der Waals surface area contributed by atoms with Gasteiger partial charge in [0.25, 0.3) is 0 Å². The Bertz CT molecular complexity index is 903. The standard InChI is InChI=1S/C19H20N2O4S/c20-12-15-4-6-16(7-5-15)14-26(23,24)21-18(22)19(9-2-1-3-10-19)17-8-11-25-13-17/h4-8,11,13H,1-3,9-10,14H2,(H,21,22). The average molecular weight is 372 g/mol. The molecule has 0 atom stereocenters. The van der Waals surface area contributed by atoms with Gasteiger partial charge in [-0.05, 0) is 36.6 Å². The number of furan rings is 1. The summed E-state index contributed by atoms with van der Waals surface area (Å²) in [6.45, 7) is 0. The van der Waals surface area contributed by atoms with Gasteiger partial charge in [-0.25, -0.2) is 8.42 Å². The molecule has 1 aromatic heterocycles. The summed E-state index contributed by atoms with van der Waals surface area (Å²) in [5, 5.41) is 8.81. The summed E-state index contributed by atoms with van der Waals surface area (Å²) in [5.41, 5.74) is 0.841. The molecule has 6 nitrogen and oxygen atoms in total.